The summed E-state index contributed by atoms with van der Waals surface area (Å²) >= 11 is 5.85. The SMILES string of the molecule is O=C(O)c1ccc2c(Cl)cccc2c1F. The van der Waals surface area contributed by atoms with Crippen molar-refractivity contribution in [3.8, 4) is 0 Å². The zero-order valence-corrected chi connectivity index (χ0v) is 8.25. The number of hydrogen-bond acceptors (Lipinski definition) is 1. The molecule has 0 bridgehead atoms. The highest BCUT2D eigenvalue weighted by Crippen LogP contribution is 2.27. The van der Waals surface area contributed by atoms with Crippen LogP contribution < -0.4 is 0 Å². The molecule has 2 aromatic rings. The van der Waals surface area contributed by atoms with Crippen molar-refractivity contribution in [2.45, 2.75) is 0 Å². The fourth-order valence-electron chi connectivity index (χ4n) is 1.45. The minimum atomic E-state index is -1.28. The highest BCUT2D eigenvalue weighted by molar-refractivity contribution is 6.35. The van der Waals surface area contributed by atoms with Gasteiger partial charge in [-0.1, -0.05) is 29.8 Å². The van der Waals surface area contributed by atoms with E-state index in [0.717, 1.165) is 0 Å². The van der Waals surface area contributed by atoms with Crippen LogP contribution in [0.4, 0.5) is 4.39 Å². The molecule has 0 amide bonds. The van der Waals surface area contributed by atoms with Crippen LogP contribution >= 0.6 is 11.6 Å². The lowest BCUT2D eigenvalue weighted by atomic mass is 10.1. The quantitative estimate of drug-likeness (QED) is 0.807. The van der Waals surface area contributed by atoms with Crippen LogP contribution in [0.15, 0.2) is 30.3 Å². The van der Waals surface area contributed by atoms with Crippen molar-refractivity contribution < 1.29 is 14.3 Å². The number of carboxylic acids is 1. The lowest BCUT2D eigenvalue weighted by Gasteiger charge is -2.03. The molecule has 2 rings (SSSR count). The number of carboxylic acid groups (broad SMARTS) is 1. The fraction of sp³-hybridized carbons (Fsp3) is 0. The molecule has 0 saturated heterocycles. The smallest absolute Gasteiger partial charge is 0.338 e. The van der Waals surface area contributed by atoms with Gasteiger partial charge in [0.15, 0.2) is 0 Å². The molecule has 0 atom stereocenters. The van der Waals surface area contributed by atoms with E-state index >= 15 is 0 Å². The fourth-order valence-corrected chi connectivity index (χ4v) is 1.69. The molecule has 0 aromatic heterocycles. The lowest BCUT2D eigenvalue weighted by Crippen LogP contribution is -2.00. The van der Waals surface area contributed by atoms with E-state index in [9.17, 15) is 9.18 Å². The van der Waals surface area contributed by atoms with Gasteiger partial charge in [-0.2, -0.15) is 0 Å². The number of fused-ring (bicyclic) bond motifs is 1. The Kier molecular flexibility index (Phi) is 2.32. The minimum absolute atomic E-state index is 0.224. The first-order valence-electron chi connectivity index (χ1n) is 4.21. The molecule has 0 spiro atoms. The third kappa shape index (κ3) is 1.55. The molecule has 0 radical (unpaired) electrons. The molecule has 0 aliphatic carbocycles. The van der Waals surface area contributed by atoms with Crippen LogP contribution in [0.1, 0.15) is 10.4 Å². The Morgan fingerprint density at radius 1 is 1.20 bits per heavy atom. The Hall–Kier alpha value is -1.61. The minimum Gasteiger partial charge on any atom is -0.478 e. The Bertz CT molecular complexity index is 552. The van der Waals surface area contributed by atoms with Crippen molar-refractivity contribution in [2.24, 2.45) is 0 Å². The van der Waals surface area contributed by atoms with E-state index in [-0.39, 0.29) is 10.9 Å². The number of rotatable bonds is 1. The average Bonchev–Trinajstić information content (AvgIpc) is 2.19. The lowest BCUT2D eigenvalue weighted by molar-refractivity contribution is 0.0692. The van der Waals surface area contributed by atoms with E-state index in [4.69, 9.17) is 16.7 Å². The molecule has 0 heterocycles. The largest absolute Gasteiger partial charge is 0.478 e. The highest BCUT2D eigenvalue weighted by atomic mass is 35.5. The Morgan fingerprint density at radius 3 is 2.60 bits per heavy atom. The molecule has 76 valence electrons. The van der Waals surface area contributed by atoms with Crippen LogP contribution in [0.25, 0.3) is 10.8 Å². The van der Waals surface area contributed by atoms with Gasteiger partial charge in [-0.3, -0.25) is 0 Å². The van der Waals surface area contributed by atoms with Crippen LogP contribution in [-0.2, 0) is 0 Å². The molecule has 0 unspecified atom stereocenters. The number of carbonyl (C=O) groups is 1. The standard InChI is InChI=1S/C11H6ClFO2/c12-9-3-1-2-7-6(9)4-5-8(10(7)13)11(14)15/h1-5H,(H,14,15). The maximum atomic E-state index is 13.7. The zero-order valence-electron chi connectivity index (χ0n) is 7.50. The van der Waals surface area contributed by atoms with Crippen molar-refractivity contribution >= 4 is 28.3 Å². The third-order valence-electron chi connectivity index (χ3n) is 2.17. The number of halogens is 2. The van der Waals surface area contributed by atoms with E-state index in [0.29, 0.717) is 10.4 Å². The van der Waals surface area contributed by atoms with Crippen LogP contribution in [0.2, 0.25) is 5.02 Å². The molecular formula is C11H6ClFO2. The number of aromatic carboxylic acids is 1. The molecule has 2 nitrogen and oxygen atoms in total. The first-order chi connectivity index (χ1) is 7.11. The van der Waals surface area contributed by atoms with Crippen LogP contribution in [0.5, 0.6) is 0 Å². The first-order valence-corrected chi connectivity index (χ1v) is 4.59. The second kappa shape index (κ2) is 3.51. The summed E-state index contributed by atoms with van der Waals surface area (Å²) in [7, 11) is 0. The Morgan fingerprint density at radius 2 is 1.93 bits per heavy atom. The van der Waals surface area contributed by atoms with Gasteiger partial charge in [0.25, 0.3) is 0 Å². The molecule has 15 heavy (non-hydrogen) atoms. The summed E-state index contributed by atoms with van der Waals surface area (Å²) in [6.45, 7) is 0. The van der Waals surface area contributed by atoms with Gasteiger partial charge in [0.1, 0.15) is 5.82 Å². The van der Waals surface area contributed by atoms with E-state index in [2.05, 4.69) is 0 Å². The van der Waals surface area contributed by atoms with Crippen LogP contribution in [0.3, 0.4) is 0 Å². The van der Waals surface area contributed by atoms with Crippen LogP contribution in [-0.4, -0.2) is 11.1 Å². The number of benzene rings is 2. The Labute approximate surface area is 89.9 Å². The zero-order chi connectivity index (χ0) is 11.0. The summed E-state index contributed by atoms with van der Waals surface area (Å²) in [6, 6.07) is 7.43. The molecule has 0 fully saturated rings. The van der Waals surface area contributed by atoms with E-state index in [1.54, 1.807) is 12.1 Å². The van der Waals surface area contributed by atoms with Crippen molar-refractivity contribution in [2.75, 3.05) is 0 Å². The van der Waals surface area contributed by atoms with Gasteiger partial charge in [-0.15, -0.1) is 0 Å². The second-order valence-corrected chi connectivity index (χ2v) is 3.47. The summed E-state index contributed by atoms with van der Waals surface area (Å²) in [6.07, 6.45) is 0. The predicted octanol–water partition coefficient (Wildman–Crippen LogP) is 3.33. The predicted molar refractivity (Wildman–Crippen MR) is 55.9 cm³/mol. The van der Waals surface area contributed by atoms with Crippen molar-refractivity contribution in [3.05, 3.63) is 46.7 Å². The van der Waals surface area contributed by atoms with E-state index in [1.165, 1.54) is 18.2 Å². The second-order valence-electron chi connectivity index (χ2n) is 3.07. The third-order valence-corrected chi connectivity index (χ3v) is 2.50. The van der Waals surface area contributed by atoms with Crippen molar-refractivity contribution in [1.29, 1.82) is 0 Å². The average molecular weight is 225 g/mol. The summed E-state index contributed by atoms with van der Waals surface area (Å²) in [4.78, 5) is 10.7. The summed E-state index contributed by atoms with van der Waals surface area (Å²) in [5, 5.41) is 9.87. The highest BCUT2D eigenvalue weighted by Gasteiger charge is 2.13. The summed E-state index contributed by atoms with van der Waals surface area (Å²) in [5.74, 6) is -2.03. The van der Waals surface area contributed by atoms with Gasteiger partial charge in [0.05, 0.1) is 5.56 Å². The van der Waals surface area contributed by atoms with Gasteiger partial charge in [0.2, 0.25) is 0 Å². The molecule has 0 aliphatic heterocycles. The Balaban J connectivity index is 2.86. The summed E-state index contributed by atoms with van der Waals surface area (Å²) in [5.41, 5.74) is -0.343. The topological polar surface area (TPSA) is 37.3 Å². The van der Waals surface area contributed by atoms with Crippen molar-refractivity contribution in [3.63, 3.8) is 0 Å². The van der Waals surface area contributed by atoms with Gasteiger partial charge >= 0.3 is 5.97 Å². The van der Waals surface area contributed by atoms with Crippen LogP contribution in [0, 0.1) is 5.82 Å². The monoisotopic (exact) mass is 224 g/mol. The van der Waals surface area contributed by atoms with Crippen molar-refractivity contribution in [1.82, 2.24) is 0 Å². The number of hydrogen-bond donors (Lipinski definition) is 1. The summed E-state index contributed by atoms with van der Waals surface area (Å²) < 4.78 is 13.7. The normalized spacial score (nSPS) is 10.5. The molecule has 0 saturated carbocycles. The molecule has 4 heteroatoms. The maximum absolute atomic E-state index is 13.7. The first kappa shape index (κ1) is 9.93. The van der Waals surface area contributed by atoms with Gasteiger partial charge < -0.3 is 5.11 Å². The maximum Gasteiger partial charge on any atom is 0.338 e. The van der Waals surface area contributed by atoms with Gasteiger partial charge in [-0.05, 0) is 12.1 Å². The molecule has 0 aliphatic rings. The molecule has 2 aromatic carbocycles. The van der Waals surface area contributed by atoms with Gasteiger partial charge in [0, 0.05) is 15.8 Å². The van der Waals surface area contributed by atoms with Gasteiger partial charge in [-0.25, -0.2) is 9.18 Å². The molecular weight excluding hydrogens is 219 g/mol. The molecule has 1 N–H and O–H groups in total. The van der Waals surface area contributed by atoms with E-state index < -0.39 is 11.8 Å². The van der Waals surface area contributed by atoms with E-state index in [1.807, 2.05) is 0 Å².